The topological polar surface area (TPSA) is 91.6 Å². The molecule has 0 aliphatic carbocycles. The number of anilines is 2. The number of rotatable bonds is 5. The van der Waals surface area contributed by atoms with Crippen molar-refractivity contribution in [2.45, 2.75) is 6.92 Å². The van der Waals surface area contributed by atoms with Crippen LogP contribution in [0, 0.1) is 17.0 Å². The summed E-state index contributed by atoms with van der Waals surface area (Å²) in [6.07, 6.45) is 1.30. The van der Waals surface area contributed by atoms with Gasteiger partial charge in [0, 0.05) is 42.5 Å². The van der Waals surface area contributed by atoms with Crippen molar-refractivity contribution in [3.8, 4) is 0 Å². The van der Waals surface area contributed by atoms with Gasteiger partial charge in [-0.3, -0.25) is 19.8 Å². The van der Waals surface area contributed by atoms with Crippen LogP contribution in [-0.2, 0) is 4.79 Å². The number of hydrogen-bond donors (Lipinski definition) is 1. The molecule has 1 aromatic heterocycles. The summed E-state index contributed by atoms with van der Waals surface area (Å²) in [6.45, 7) is 4.86. The van der Waals surface area contributed by atoms with Gasteiger partial charge >= 0.3 is 0 Å². The van der Waals surface area contributed by atoms with Crippen LogP contribution in [0.4, 0.5) is 17.2 Å². The Bertz CT molecular complexity index is 835. The summed E-state index contributed by atoms with van der Waals surface area (Å²) >= 11 is 5.84. The molecule has 1 amide bonds. The summed E-state index contributed by atoms with van der Waals surface area (Å²) in [4.78, 5) is 31.0. The number of amides is 1. The van der Waals surface area contributed by atoms with Gasteiger partial charge in [0.05, 0.1) is 11.5 Å². The second-order valence-electron chi connectivity index (χ2n) is 6.40. The van der Waals surface area contributed by atoms with Crippen LogP contribution in [-0.4, -0.2) is 53.4 Å². The number of benzene rings is 1. The molecule has 1 aliphatic rings. The molecule has 1 aliphatic heterocycles. The molecule has 0 saturated carbocycles. The average Bonchev–Trinajstić information content (AvgIpc) is 2.64. The maximum Gasteiger partial charge on any atom is 0.290 e. The molecule has 1 saturated heterocycles. The van der Waals surface area contributed by atoms with E-state index in [9.17, 15) is 14.9 Å². The number of hydrogen-bond acceptors (Lipinski definition) is 6. The molecule has 0 spiro atoms. The predicted molar refractivity (Wildman–Crippen MR) is 104 cm³/mol. The fourth-order valence-corrected chi connectivity index (χ4v) is 3.10. The molecule has 0 unspecified atom stereocenters. The zero-order valence-corrected chi connectivity index (χ0v) is 15.6. The van der Waals surface area contributed by atoms with Crippen molar-refractivity contribution in [1.82, 2.24) is 9.88 Å². The molecule has 0 radical (unpaired) electrons. The van der Waals surface area contributed by atoms with Gasteiger partial charge in [0.25, 0.3) is 5.69 Å². The number of carbonyl (C=O) groups is 1. The van der Waals surface area contributed by atoms with Gasteiger partial charge < -0.3 is 10.2 Å². The Labute approximate surface area is 161 Å². The number of nitro groups is 1. The summed E-state index contributed by atoms with van der Waals surface area (Å²) in [5.41, 5.74) is 1.33. The number of halogens is 1. The molecule has 9 heteroatoms. The minimum atomic E-state index is -0.427. The molecule has 3 rings (SSSR count). The van der Waals surface area contributed by atoms with Gasteiger partial charge in [-0.1, -0.05) is 11.6 Å². The first-order valence-corrected chi connectivity index (χ1v) is 8.94. The van der Waals surface area contributed by atoms with Crippen molar-refractivity contribution in [2.24, 2.45) is 0 Å². The van der Waals surface area contributed by atoms with Crippen molar-refractivity contribution < 1.29 is 9.72 Å². The van der Waals surface area contributed by atoms with Crippen LogP contribution in [0.5, 0.6) is 0 Å². The first-order chi connectivity index (χ1) is 12.9. The predicted octanol–water partition coefficient (Wildman–Crippen LogP) is 2.71. The zero-order valence-electron chi connectivity index (χ0n) is 14.9. The van der Waals surface area contributed by atoms with Crippen LogP contribution in [0.25, 0.3) is 0 Å². The lowest BCUT2D eigenvalue weighted by Gasteiger charge is -2.35. The molecule has 0 atom stereocenters. The van der Waals surface area contributed by atoms with Gasteiger partial charge in [-0.25, -0.2) is 4.98 Å². The zero-order chi connectivity index (χ0) is 19.4. The number of aromatic nitrogens is 1. The van der Waals surface area contributed by atoms with Crippen LogP contribution in [0.1, 0.15) is 5.56 Å². The number of carbonyl (C=O) groups excluding carboxylic acids is 1. The van der Waals surface area contributed by atoms with Gasteiger partial charge in [-0.15, -0.1) is 0 Å². The molecule has 0 bridgehead atoms. The Morgan fingerprint density at radius 2 is 1.93 bits per heavy atom. The smallest absolute Gasteiger partial charge is 0.290 e. The molecular weight excluding hydrogens is 370 g/mol. The first-order valence-electron chi connectivity index (χ1n) is 8.56. The summed E-state index contributed by atoms with van der Waals surface area (Å²) < 4.78 is 0. The monoisotopic (exact) mass is 389 g/mol. The summed E-state index contributed by atoms with van der Waals surface area (Å²) in [6, 6.07) is 8.73. The lowest BCUT2D eigenvalue weighted by molar-refractivity contribution is -0.385. The van der Waals surface area contributed by atoms with E-state index in [4.69, 9.17) is 11.6 Å². The van der Waals surface area contributed by atoms with Crippen LogP contribution in [0.2, 0.25) is 5.02 Å². The second kappa shape index (κ2) is 8.32. The third kappa shape index (κ3) is 4.93. The third-order valence-electron chi connectivity index (χ3n) is 4.46. The molecule has 142 valence electrons. The Morgan fingerprint density at radius 3 is 2.52 bits per heavy atom. The van der Waals surface area contributed by atoms with E-state index in [1.165, 1.54) is 6.20 Å². The van der Waals surface area contributed by atoms with E-state index in [-0.39, 0.29) is 11.6 Å². The van der Waals surface area contributed by atoms with Crippen LogP contribution >= 0.6 is 11.6 Å². The number of piperazine rings is 1. The Kier molecular flexibility index (Phi) is 5.88. The highest BCUT2D eigenvalue weighted by Gasteiger charge is 2.21. The van der Waals surface area contributed by atoms with Gasteiger partial charge in [0.15, 0.2) is 0 Å². The fourth-order valence-electron chi connectivity index (χ4n) is 2.97. The maximum absolute atomic E-state index is 12.2. The Morgan fingerprint density at radius 1 is 1.26 bits per heavy atom. The van der Waals surface area contributed by atoms with Gasteiger partial charge in [0.2, 0.25) is 5.91 Å². The van der Waals surface area contributed by atoms with Crippen molar-refractivity contribution in [2.75, 3.05) is 42.9 Å². The van der Waals surface area contributed by atoms with E-state index in [1.54, 1.807) is 37.3 Å². The normalized spacial score (nSPS) is 14.8. The van der Waals surface area contributed by atoms with Crippen molar-refractivity contribution in [3.63, 3.8) is 0 Å². The molecular formula is C18H20ClN5O3. The Hall–Kier alpha value is -2.71. The van der Waals surface area contributed by atoms with E-state index < -0.39 is 4.92 Å². The fraction of sp³-hybridized carbons (Fsp3) is 0.333. The van der Waals surface area contributed by atoms with Gasteiger partial charge in [-0.2, -0.15) is 0 Å². The van der Waals surface area contributed by atoms with Gasteiger partial charge in [0.1, 0.15) is 12.0 Å². The number of pyridine rings is 1. The van der Waals surface area contributed by atoms with Gasteiger partial charge in [-0.05, 0) is 37.3 Å². The van der Waals surface area contributed by atoms with E-state index in [1.807, 2.05) is 0 Å². The summed E-state index contributed by atoms with van der Waals surface area (Å²) in [7, 11) is 0. The molecule has 2 aromatic rings. The minimum Gasteiger partial charge on any atom is -0.354 e. The van der Waals surface area contributed by atoms with Crippen molar-refractivity contribution >= 4 is 34.7 Å². The quantitative estimate of drug-likeness (QED) is 0.624. The van der Waals surface area contributed by atoms with Crippen molar-refractivity contribution in [3.05, 3.63) is 57.2 Å². The number of aryl methyl sites for hydroxylation is 1. The molecule has 27 heavy (non-hydrogen) atoms. The number of nitrogens with one attached hydrogen (secondary N) is 1. The molecule has 1 N–H and O–H groups in total. The highest BCUT2D eigenvalue weighted by Crippen LogP contribution is 2.22. The summed E-state index contributed by atoms with van der Waals surface area (Å²) in [5.74, 6) is 0.651. The van der Waals surface area contributed by atoms with E-state index in [0.29, 0.717) is 49.0 Å². The number of nitrogens with zero attached hydrogens (tertiary/aromatic N) is 4. The highest BCUT2D eigenvalue weighted by molar-refractivity contribution is 6.30. The van der Waals surface area contributed by atoms with E-state index in [2.05, 4.69) is 20.1 Å². The second-order valence-corrected chi connectivity index (χ2v) is 6.84. The van der Waals surface area contributed by atoms with Crippen LogP contribution in [0.3, 0.4) is 0 Å². The molecule has 1 aromatic carbocycles. The Balaban J connectivity index is 1.51. The molecule has 2 heterocycles. The lowest BCUT2D eigenvalue weighted by atomic mass is 10.2. The molecule has 1 fully saturated rings. The standard InChI is InChI=1S/C18H20ClN5O3/c1-13-10-17(20-11-16(13)24(26)27)23-8-6-22(7-9-23)12-18(25)21-15-4-2-14(19)3-5-15/h2-5,10-11H,6-9,12H2,1H3,(H,21,25). The van der Waals surface area contributed by atoms with Crippen LogP contribution < -0.4 is 10.2 Å². The van der Waals surface area contributed by atoms with E-state index in [0.717, 1.165) is 5.82 Å². The SMILES string of the molecule is Cc1cc(N2CCN(CC(=O)Nc3ccc(Cl)cc3)CC2)ncc1[N+](=O)[O-]. The minimum absolute atomic E-state index is 0.0243. The summed E-state index contributed by atoms with van der Waals surface area (Å²) in [5, 5.41) is 14.4. The van der Waals surface area contributed by atoms with Crippen molar-refractivity contribution in [1.29, 1.82) is 0 Å². The average molecular weight is 390 g/mol. The van der Waals surface area contributed by atoms with Crippen LogP contribution in [0.15, 0.2) is 36.5 Å². The maximum atomic E-state index is 12.2. The third-order valence-corrected chi connectivity index (χ3v) is 4.71. The van der Waals surface area contributed by atoms with E-state index >= 15 is 0 Å². The lowest BCUT2D eigenvalue weighted by Crippen LogP contribution is -2.49. The first kappa shape index (κ1) is 19.1. The molecule has 8 nitrogen and oxygen atoms in total. The largest absolute Gasteiger partial charge is 0.354 e. The highest BCUT2D eigenvalue weighted by atomic mass is 35.5.